The Hall–Kier alpha value is -1.01. The van der Waals surface area contributed by atoms with Crippen LogP contribution in [0.2, 0.25) is 0 Å². The summed E-state index contributed by atoms with van der Waals surface area (Å²) >= 11 is 5.26. The third-order valence-corrected chi connectivity index (χ3v) is 7.73. The van der Waals surface area contributed by atoms with Gasteiger partial charge in [0.15, 0.2) is 10.5 Å². The molecule has 6 heteroatoms. The van der Waals surface area contributed by atoms with E-state index in [0.29, 0.717) is 12.2 Å². The lowest BCUT2D eigenvalue weighted by atomic mass is 9.92. The van der Waals surface area contributed by atoms with Crippen LogP contribution in [0.5, 0.6) is 5.75 Å². The van der Waals surface area contributed by atoms with Crippen LogP contribution in [0.25, 0.3) is 0 Å². The van der Waals surface area contributed by atoms with E-state index in [0.717, 1.165) is 40.3 Å². The van der Waals surface area contributed by atoms with Gasteiger partial charge < -0.3 is 22.0 Å². The maximum atomic E-state index is 13.7. The maximum Gasteiger partial charge on any atom is 0.192 e. The average molecular weight is 483 g/mol. The van der Waals surface area contributed by atoms with Crippen LogP contribution >= 0.6 is 27.7 Å². The van der Waals surface area contributed by atoms with Crippen LogP contribution in [-0.2, 0) is 0 Å². The van der Waals surface area contributed by atoms with E-state index in [4.69, 9.17) is 4.74 Å². The highest BCUT2D eigenvalue weighted by atomic mass is 79.9. The molecule has 0 spiro atoms. The largest absolute Gasteiger partial charge is 1.00 e. The summed E-state index contributed by atoms with van der Waals surface area (Å²) < 4.78 is 6.57. The van der Waals surface area contributed by atoms with E-state index in [1.165, 1.54) is 24.2 Å². The molecule has 1 saturated heterocycles. The number of likely N-dealkylation sites (tertiary alicyclic amines) is 1. The number of thioether (sulfide) groups is 1. The van der Waals surface area contributed by atoms with Crippen LogP contribution in [0.4, 0.5) is 0 Å². The molecule has 0 bridgehead atoms. The Morgan fingerprint density at radius 3 is 2.57 bits per heavy atom. The number of fused-ring (bicyclic) bond motifs is 1. The number of halogens is 2. The number of quaternary nitrogens is 1. The first-order chi connectivity index (χ1) is 13.1. The van der Waals surface area contributed by atoms with Crippen molar-refractivity contribution in [2.75, 3.05) is 26.2 Å². The molecule has 1 fully saturated rings. The number of carbonyl (C=O) groups excluding carboxylic acids is 1. The molecule has 2 heterocycles. The Kier molecular flexibility index (Phi) is 7.13. The lowest BCUT2D eigenvalue weighted by Crippen LogP contribution is -3.15. The van der Waals surface area contributed by atoms with Crippen LogP contribution in [0.3, 0.4) is 0 Å². The fourth-order valence-electron chi connectivity index (χ4n) is 4.05. The van der Waals surface area contributed by atoms with E-state index in [1.54, 1.807) is 11.8 Å². The topological polar surface area (TPSA) is 30.7 Å². The Bertz CT molecular complexity index is 842. The predicted octanol–water partition coefficient (Wildman–Crippen LogP) is 0.937. The number of Topliss-reactive ketones (excluding diaryl/α,β-unsaturated/α-hetero) is 1. The first-order valence-electron chi connectivity index (χ1n) is 9.63. The lowest BCUT2D eigenvalue weighted by Gasteiger charge is -2.38. The second-order valence-electron chi connectivity index (χ2n) is 7.61. The molecule has 0 aromatic heterocycles. The van der Waals surface area contributed by atoms with Gasteiger partial charge in [-0.25, -0.2) is 0 Å². The van der Waals surface area contributed by atoms with Crippen LogP contribution in [0.15, 0.2) is 51.8 Å². The minimum Gasteiger partial charge on any atom is -1.00 e. The van der Waals surface area contributed by atoms with Crippen molar-refractivity contribution in [3.05, 3.63) is 58.1 Å². The Morgan fingerprint density at radius 2 is 1.86 bits per heavy atom. The van der Waals surface area contributed by atoms with Gasteiger partial charge in [-0.15, -0.1) is 11.8 Å². The minimum absolute atomic E-state index is 0. The number of ether oxygens (including phenoxy) is 1. The molecule has 1 atom stereocenters. The zero-order chi connectivity index (χ0) is 18.9. The molecule has 2 aromatic carbocycles. The number of nitrogens with one attached hydrogen (secondary N) is 1. The van der Waals surface area contributed by atoms with Crippen molar-refractivity contribution in [3.8, 4) is 5.75 Å². The van der Waals surface area contributed by atoms with Crippen molar-refractivity contribution < 1.29 is 26.8 Å². The number of piperidine rings is 1. The van der Waals surface area contributed by atoms with Crippen molar-refractivity contribution in [1.82, 2.24) is 0 Å². The van der Waals surface area contributed by atoms with E-state index in [2.05, 4.69) is 28.1 Å². The molecular formula is C22H25BrClNO2S. The van der Waals surface area contributed by atoms with Gasteiger partial charge in [0, 0.05) is 9.37 Å². The second kappa shape index (κ2) is 9.21. The minimum atomic E-state index is -0.574. The van der Waals surface area contributed by atoms with Crippen molar-refractivity contribution in [2.24, 2.45) is 0 Å². The zero-order valence-corrected chi connectivity index (χ0v) is 19.1. The van der Waals surface area contributed by atoms with Gasteiger partial charge in [0.25, 0.3) is 0 Å². The Labute approximate surface area is 185 Å². The Balaban J connectivity index is 0.00000225. The van der Waals surface area contributed by atoms with E-state index >= 15 is 0 Å². The summed E-state index contributed by atoms with van der Waals surface area (Å²) in [4.78, 5) is 16.4. The molecule has 0 aliphatic carbocycles. The number of carbonyl (C=O) groups is 1. The summed E-state index contributed by atoms with van der Waals surface area (Å²) in [7, 11) is 0. The van der Waals surface area contributed by atoms with Gasteiger partial charge in [0.1, 0.15) is 18.9 Å². The summed E-state index contributed by atoms with van der Waals surface area (Å²) in [6, 6.07) is 14.2. The van der Waals surface area contributed by atoms with Gasteiger partial charge in [-0.2, -0.15) is 0 Å². The molecule has 28 heavy (non-hydrogen) atoms. The summed E-state index contributed by atoms with van der Waals surface area (Å²) in [6.45, 7) is 5.57. The summed E-state index contributed by atoms with van der Waals surface area (Å²) in [5.41, 5.74) is 1.80. The fraction of sp³-hybridized carbons (Fsp3) is 0.409. The molecule has 1 N–H and O–H groups in total. The first-order valence-corrected chi connectivity index (χ1v) is 11.2. The molecule has 2 aliphatic rings. The van der Waals surface area contributed by atoms with Gasteiger partial charge >= 0.3 is 0 Å². The van der Waals surface area contributed by atoms with Crippen molar-refractivity contribution >= 4 is 33.5 Å². The first kappa shape index (κ1) is 21.7. The zero-order valence-electron chi connectivity index (χ0n) is 16.0. The molecule has 0 saturated carbocycles. The van der Waals surface area contributed by atoms with Gasteiger partial charge in [-0.3, -0.25) is 4.79 Å². The van der Waals surface area contributed by atoms with Gasteiger partial charge in [0.2, 0.25) is 0 Å². The van der Waals surface area contributed by atoms with Crippen LogP contribution in [0.1, 0.15) is 35.2 Å². The SMILES string of the molecule is Cc1cc2c(cc1Br)C(=O)C(C[NH+]1CCCCC1)(Sc1ccccc1)CO2.[Cl-]. The number of ketones is 1. The van der Waals surface area contributed by atoms with E-state index < -0.39 is 4.75 Å². The molecule has 0 amide bonds. The molecule has 0 radical (unpaired) electrons. The fourth-order valence-corrected chi connectivity index (χ4v) is 5.73. The van der Waals surface area contributed by atoms with Gasteiger partial charge in [-0.1, -0.05) is 34.1 Å². The predicted molar refractivity (Wildman–Crippen MR) is 113 cm³/mol. The number of aryl methyl sites for hydroxylation is 1. The van der Waals surface area contributed by atoms with E-state index in [9.17, 15) is 4.79 Å². The van der Waals surface area contributed by atoms with Gasteiger partial charge in [-0.05, 0) is 56.0 Å². The highest BCUT2D eigenvalue weighted by Crippen LogP contribution is 2.42. The smallest absolute Gasteiger partial charge is 0.192 e. The molecule has 2 aromatic rings. The molecular weight excluding hydrogens is 458 g/mol. The summed E-state index contributed by atoms with van der Waals surface area (Å²) in [5.74, 6) is 0.926. The molecule has 3 nitrogen and oxygen atoms in total. The highest BCUT2D eigenvalue weighted by molar-refractivity contribution is 9.10. The number of benzene rings is 2. The third-order valence-electron chi connectivity index (χ3n) is 5.53. The third kappa shape index (κ3) is 4.43. The van der Waals surface area contributed by atoms with E-state index in [1.807, 2.05) is 37.3 Å². The summed E-state index contributed by atoms with van der Waals surface area (Å²) in [5, 5.41) is 0. The second-order valence-corrected chi connectivity index (χ2v) is 9.92. The van der Waals surface area contributed by atoms with E-state index in [-0.39, 0.29) is 18.2 Å². The number of hydrogen-bond acceptors (Lipinski definition) is 3. The molecule has 150 valence electrons. The van der Waals surface area contributed by atoms with Crippen molar-refractivity contribution in [1.29, 1.82) is 0 Å². The number of rotatable bonds is 4. The monoisotopic (exact) mass is 481 g/mol. The van der Waals surface area contributed by atoms with Crippen LogP contribution in [0, 0.1) is 6.92 Å². The standard InChI is InChI=1S/C22H24BrNO2S.ClH/c1-16-12-20-18(13-19(16)23)21(25)22(15-26-20,14-24-10-6-3-7-11-24)27-17-8-4-2-5-9-17;/h2,4-5,8-9,12-13H,3,6-7,10-11,14-15H2,1H3;1H. The summed E-state index contributed by atoms with van der Waals surface area (Å²) in [6.07, 6.45) is 3.80. The number of hydrogen-bond donors (Lipinski definition) is 1. The quantitative estimate of drug-likeness (QED) is 0.704. The van der Waals surface area contributed by atoms with Crippen LogP contribution in [-0.4, -0.2) is 36.8 Å². The normalized spacial score (nSPS) is 22.1. The molecule has 2 aliphatic heterocycles. The lowest BCUT2D eigenvalue weighted by molar-refractivity contribution is -0.905. The molecule has 1 unspecified atom stereocenters. The van der Waals surface area contributed by atoms with Gasteiger partial charge in [0.05, 0.1) is 18.7 Å². The van der Waals surface area contributed by atoms with Crippen molar-refractivity contribution in [3.63, 3.8) is 0 Å². The molecule has 4 rings (SSSR count). The highest BCUT2D eigenvalue weighted by Gasteiger charge is 2.48. The van der Waals surface area contributed by atoms with Crippen molar-refractivity contribution in [2.45, 2.75) is 35.8 Å². The van der Waals surface area contributed by atoms with Crippen LogP contribution < -0.4 is 22.0 Å². The average Bonchev–Trinajstić information content (AvgIpc) is 2.68. The maximum absolute atomic E-state index is 13.7. The Morgan fingerprint density at radius 1 is 1.14 bits per heavy atom.